The third kappa shape index (κ3) is 9.04. The number of carbonyl (C=O) groups is 3. The summed E-state index contributed by atoms with van der Waals surface area (Å²) in [7, 11) is 0. The summed E-state index contributed by atoms with van der Waals surface area (Å²) in [5.41, 5.74) is 0.929. The zero-order valence-electron chi connectivity index (χ0n) is 22.2. The quantitative estimate of drug-likeness (QED) is 0.398. The van der Waals surface area contributed by atoms with Crippen LogP contribution < -0.4 is 10.6 Å². The molecule has 35 heavy (non-hydrogen) atoms. The lowest BCUT2D eigenvalue weighted by atomic mass is 9.98. The SMILES string of the molecule is C=Cc1cccc(C(C(=O)NCCCC)N(C(=O)C(CC(C)C)NC(=O)OC(C)(C)C)C2CC2)c1. The van der Waals surface area contributed by atoms with Gasteiger partial charge in [-0.05, 0) is 69.6 Å². The summed E-state index contributed by atoms with van der Waals surface area (Å²) in [6, 6.07) is 5.93. The van der Waals surface area contributed by atoms with Crippen LogP contribution in [0.15, 0.2) is 30.8 Å². The van der Waals surface area contributed by atoms with Gasteiger partial charge in [-0.15, -0.1) is 0 Å². The van der Waals surface area contributed by atoms with Crippen molar-refractivity contribution in [1.82, 2.24) is 15.5 Å². The fourth-order valence-electron chi connectivity index (χ4n) is 3.97. The fraction of sp³-hybridized carbons (Fsp3) is 0.607. The molecule has 2 unspecified atom stereocenters. The van der Waals surface area contributed by atoms with Gasteiger partial charge < -0.3 is 20.3 Å². The molecule has 1 fully saturated rings. The highest BCUT2D eigenvalue weighted by atomic mass is 16.6. The average molecular weight is 486 g/mol. The highest BCUT2D eigenvalue weighted by molar-refractivity contribution is 5.92. The van der Waals surface area contributed by atoms with Crippen LogP contribution in [0.2, 0.25) is 0 Å². The molecule has 2 atom stereocenters. The van der Waals surface area contributed by atoms with Crippen molar-refractivity contribution in [2.75, 3.05) is 6.54 Å². The summed E-state index contributed by atoms with van der Waals surface area (Å²) in [6.07, 6.45) is 5.00. The van der Waals surface area contributed by atoms with Crippen molar-refractivity contribution in [3.05, 3.63) is 42.0 Å². The van der Waals surface area contributed by atoms with Gasteiger partial charge in [0.15, 0.2) is 0 Å². The highest BCUT2D eigenvalue weighted by Crippen LogP contribution is 2.36. The minimum absolute atomic E-state index is 0.0492. The molecule has 194 valence electrons. The summed E-state index contributed by atoms with van der Waals surface area (Å²) in [4.78, 5) is 41.8. The lowest BCUT2D eigenvalue weighted by molar-refractivity contribution is -0.143. The number of rotatable bonds is 12. The lowest BCUT2D eigenvalue weighted by Gasteiger charge is -2.35. The molecule has 3 amide bonds. The summed E-state index contributed by atoms with van der Waals surface area (Å²) < 4.78 is 5.43. The molecule has 1 aliphatic carbocycles. The van der Waals surface area contributed by atoms with Gasteiger partial charge in [0.2, 0.25) is 11.8 Å². The van der Waals surface area contributed by atoms with Crippen molar-refractivity contribution >= 4 is 24.0 Å². The number of nitrogens with one attached hydrogen (secondary N) is 2. The van der Waals surface area contributed by atoms with E-state index in [2.05, 4.69) is 24.1 Å². The van der Waals surface area contributed by atoms with Crippen LogP contribution >= 0.6 is 0 Å². The first-order valence-corrected chi connectivity index (χ1v) is 12.8. The molecule has 2 N–H and O–H groups in total. The molecule has 0 bridgehead atoms. The van der Waals surface area contributed by atoms with E-state index in [1.54, 1.807) is 31.7 Å². The monoisotopic (exact) mass is 485 g/mol. The Kier molecular flexibility index (Phi) is 10.3. The first kappa shape index (κ1) is 28.4. The summed E-state index contributed by atoms with van der Waals surface area (Å²) >= 11 is 0. The van der Waals surface area contributed by atoms with Gasteiger partial charge >= 0.3 is 6.09 Å². The average Bonchev–Trinajstić information content (AvgIpc) is 3.60. The minimum atomic E-state index is -0.793. The van der Waals surface area contributed by atoms with E-state index in [-0.39, 0.29) is 23.8 Å². The molecule has 7 nitrogen and oxygen atoms in total. The molecule has 7 heteroatoms. The Balaban J connectivity index is 2.43. The van der Waals surface area contributed by atoms with E-state index in [9.17, 15) is 14.4 Å². The van der Waals surface area contributed by atoms with Crippen molar-refractivity contribution < 1.29 is 19.1 Å². The van der Waals surface area contributed by atoms with Crippen molar-refractivity contribution in [2.24, 2.45) is 5.92 Å². The van der Waals surface area contributed by atoms with Crippen LogP contribution in [0.1, 0.15) is 90.8 Å². The maximum atomic E-state index is 14.0. The summed E-state index contributed by atoms with van der Waals surface area (Å²) in [5.74, 6) is -0.312. The van der Waals surface area contributed by atoms with Crippen LogP contribution in [0.25, 0.3) is 6.08 Å². The molecule has 0 aromatic heterocycles. The van der Waals surface area contributed by atoms with E-state index in [1.807, 2.05) is 38.1 Å². The van der Waals surface area contributed by atoms with Gasteiger partial charge in [-0.1, -0.05) is 58.0 Å². The first-order chi connectivity index (χ1) is 16.5. The Morgan fingerprint density at radius 2 is 1.91 bits per heavy atom. The molecule has 0 spiro atoms. The molecule has 1 aromatic carbocycles. The van der Waals surface area contributed by atoms with Crippen LogP contribution in [0, 0.1) is 5.92 Å². The van der Waals surface area contributed by atoms with Crippen LogP contribution in [0.4, 0.5) is 4.79 Å². The van der Waals surface area contributed by atoms with Crippen molar-refractivity contribution in [2.45, 2.75) is 97.4 Å². The number of carbonyl (C=O) groups excluding carboxylic acids is 3. The molecule has 2 rings (SSSR count). The second-order valence-electron chi connectivity index (χ2n) is 10.7. The van der Waals surface area contributed by atoms with E-state index in [0.29, 0.717) is 13.0 Å². The Morgan fingerprint density at radius 3 is 2.46 bits per heavy atom. The van der Waals surface area contributed by atoms with Crippen LogP contribution in [-0.4, -0.2) is 47.0 Å². The number of unbranched alkanes of at least 4 members (excludes halogenated alkanes) is 1. The third-order valence-electron chi connectivity index (χ3n) is 5.71. The smallest absolute Gasteiger partial charge is 0.408 e. The van der Waals surface area contributed by atoms with Crippen molar-refractivity contribution in [3.63, 3.8) is 0 Å². The zero-order valence-corrected chi connectivity index (χ0v) is 22.2. The lowest BCUT2D eigenvalue weighted by Crippen LogP contribution is -2.54. The first-order valence-electron chi connectivity index (χ1n) is 12.8. The van der Waals surface area contributed by atoms with E-state index >= 15 is 0 Å². The standard InChI is InChI=1S/C28H43N3O4/c1-8-10-16-29-25(32)24(21-13-11-12-20(9-2)18-21)31(22-14-15-22)26(33)23(17-19(3)4)30-27(34)35-28(5,6)7/h9,11-13,18-19,22-24H,2,8,10,14-17H2,1,3-7H3,(H,29,32)(H,30,34). The molecule has 0 aliphatic heterocycles. The minimum Gasteiger partial charge on any atom is -0.444 e. The fourth-order valence-corrected chi connectivity index (χ4v) is 3.97. The molecule has 0 radical (unpaired) electrons. The highest BCUT2D eigenvalue weighted by Gasteiger charge is 2.44. The predicted molar refractivity (Wildman–Crippen MR) is 140 cm³/mol. The van der Waals surface area contributed by atoms with Crippen LogP contribution in [0.3, 0.4) is 0 Å². The molecular weight excluding hydrogens is 442 g/mol. The van der Waals surface area contributed by atoms with Gasteiger partial charge in [0.05, 0.1) is 0 Å². The van der Waals surface area contributed by atoms with Crippen molar-refractivity contribution in [1.29, 1.82) is 0 Å². The molecule has 1 aliphatic rings. The number of ether oxygens (including phenoxy) is 1. The van der Waals surface area contributed by atoms with Gasteiger partial charge in [-0.25, -0.2) is 4.79 Å². The summed E-state index contributed by atoms with van der Waals surface area (Å²) in [6.45, 7) is 15.8. The van der Waals surface area contributed by atoms with Crippen LogP contribution in [-0.2, 0) is 14.3 Å². The molecule has 1 saturated carbocycles. The van der Waals surface area contributed by atoms with Gasteiger partial charge in [-0.3, -0.25) is 9.59 Å². The number of benzene rings is 1. The summed E-state index contributed by atoms with van der Waals surface area (Å²) in [5, 5.41) is 5.81. The second kappa shape index (κ2) is 12.8. The Morgan fingerprint density at radius 1 is 1.23 bits per heavy atom. The number of hydrogen-bond donors (Lipinski definition) is 2. The molecular formula is C28H43N3O4. The van der Waals surface area contributed by atoms with E-state index in [0.717, 1.165) is 36.8 Å². The number of alkyl carbamates (subject to hydrolysis) is 1. The topological polar surface area (TPSA) is 87.7 Å². The van der Waals surface area contributed by atoms with E-state index < -0.39 is 23.8 Å². The van der Waals surface area contributed by atoms with E-state index in [4.69, 9.17) is 4.74 Å². The third-order valence-corrected chi connectivity index (χ3v) is 5.71. The maximum absolute atomic E-state index is 14.0. The molecule has 0 saturated heterocycles. The van der Waals surface area contributed by atoms with Crippen LogP contribution in [0.5, 0.6) is 0 Å². The van der Waals surface area contributed by atoms with Gasteiger partial charge in [0.25, 0.3) is 0 Å². The molecule has 1 aromatic rings. The van der Waals surface area contributed by atoms with Crippen molar-refractivity contribution in [3.8, 4) is 0 Å². The Labute approximate surface area is 210 Å². The number of hydrogen-bond acceptors (Lipinski definition) is 4. The predicted octanol–water partition coefficient (Wildman–Crippen LogP) is 5.22. The molecule has 0 heterocycles. The Hall–Kier alpha value is -2.83. The van der Waals surface area contributed by atoms with Gasteiger partial charge in [-0.2, -0.15) is 0 Å². The van der Waals surface area contributed by atoms with Gasteiger partial charge in [0.1, 0.15) is 17.7 Å². The van der Waals surface area contributed by atoms with E-state index in [1.165, 1.54) is 0 Å². The number of nitrogens with zero attached hydrogens (tertiary/aromatic N) is 1. The zero-order chi connectivity index (χ0) is 26.2. The number of amides is 3. The Bertz CT molecular complexity index is 886. The second-order valence-corrected chi connectivity index (χ2v) is 10.7. The largest absolute Gasteiger partial charge is 0.444 e. The normalized spacial score (nSPS) is 15.2. The maximum Gasteiger partial charge on any atom is 0.408 e. The van der Waals surface area contributed by atoms with Gasteiger partial charge in [0, 0.05) is 12.6 Å².